The third-order valence-electron chi connectivity index (χ3n) is 5.12. The molecule has 1 aliphatic heterocycles. The molecule has 1 heterocycles. The Balaban J connectivity index is 1.54. The Labute approximate surface area is 167 Å². The summed E-state index contributed by atoms with van der Waals surface area (Å²) in [6.07, 6.45) is 2.25. The lowest BCUT2D eigenvalue weighted by atomic mass is 9.99. The van der Waals surface area contributed by atoms with E-state index in [9.17, 15) is 8.42 Å². The summed E-state index contributed by atoms with van der Waals surface area (Å²) in [4.78, 5) is 6.99. The summed E-state index contributed by atoms with van der Waals surface area (Å²) in [5.74, 6) is 1.52. The molecule has 1 saturated heterocycles. The van der Waals surface area contributed by atoms with Gasteiger partial charge in [0.25, 0.3) is 0 Å². The normalized spacial score (nSPS) is 17.7. The summed E-state index contributed by atoms with van der Waals surface area (Å²) < 4.78 is 25.9. The standard InChI is InChI=1S/C21H28N4O2S/c1-22-21(24-15-18-8-10-20(11-9-18)28(26,27)23-2)25-13-12-19(16-25)14-17-6-4-3-5-7-17/h3-11,19,23H,12-16H2,1-2H3,(H,22,24). The molecule has 7 heteroatoms. The van der Waals surface area contributed by atoms with E-state index in [1.165, 1.54) is 12.6 Å². The zero-order valence-corrected chi connectivity index (χ0v) is 17.2. The predicted octanol–water partition coefficient (Wildman–Crippen LogP) is 2.23. The maximum Gasteiger partial charge on any atom is 0.240 e. The van der Waals surface area contributed by atoms with E-state index in [-0.39, 0.29) is 4.90 Å². The Kier molecular flexibility index (Phi) is 6.70. The predicted molar refractivity (Wildman–Crippen MR) is 113 cm³/mol. The van der Waals surface area contributed by atoms with Gasteiger partial charge in [-0.25, -0.2) is 13.1 Å². The summed E-state index contributed by atoms with van der Waals surface area (Å²) >= 11 is 0. The van der Waals surface area contributed by atoms with E-state index in [0.29, 0.717) is 12.5 Å². The van der Waals surface area contributed by atoms with Gasteiger partial charge in [-0.3, -0.25) is 4.99 Å². The summed E-state index contributed by atoms with van der Waals surface area (Å²) in [5.41, 5.74) is 2.39. The van der Waals surface area contributed by atoms with Gasteiger partial charge in [0.2, 0.25) is 10.0 Å². The second kappa shape index (κ2) is 9.21. The first-order chi connectivity index (χ1) is 13.5. The van der Waals surface area contributed by atoms with Crippen molar-refractivity contribution in [3.05, 3.63) is 65.7 Å². The molecule has 1 atom stereocenters. The van der Waals surface area contributed by atoms with Gasteiger partial charge in [-0.1, -0.05) is 42.5 Å². The summed E-state index contributed by atoms with van der Waals surface area (Å²) in [7, 11) is -0.185. The fourth-order valence-corrected chi connectivity index (χ4v) is 4.29. The van der Waals surface area contributed by atoms with Crippen molar-refractivity contribution in [3.8, 4) is 0 Å². The van der Waals surface area contributed by atoms with Crippen LogP contribution in [0.1, 0.15) is 17.5 Å². The number of sulfonamides is 1. The molecule has 1 unspecified atom stereocenters. The molecule has 1 fully saturated rings. The van der Waals surface area contributed by atoms with E-state index in [1.807, 2.05) is 12.1 Å². The quantitative estimate of drug-likeness (QED) is 0.576. The summed E-state index contributed by atoms with van der Waals surface area (Å²) in [5, 5.41) is 3.40. The molecule has 2 aromatic carbocycles. The van der Waals surface area contributed by atoms with Crippen molar-refractivity contribution in [3.63, 3.8) is 0 Å². The fourth-order valence-electron chi connectivity index (χ4n) is 3.56. The molecule has 0 radical (unpaired) electrons. The van der Waals surface area contributed by atoms with Gasteiger partial charge in [0.15, 0.2) is 5.96 Å². The first-order valence-electron chi connectivity index (χ1n) is 9.54. The molecule has 2 N–H and O–H groups in total. The number of rotatable bonds is 6. The Morgan fingerprint density at radius 2 is 1.82 bits per heavy atom. The highest BCUT2D eigenvalue weighted by atomic mass is 32.2. The average Bonchev–Trinajstić information content (AvgIpc) is 3.18. The van der Waals surface area contributed by atoms with Gasteiger partial charge >= 0.3 is 0 Å². The van der Waals surface area contributed by atoms with Gasteiger partial charge in [-0.2, -0.15) is 0 Å². The maximum absolute atomic E-state index is 11.8. The van der Waals surface area contributed by atoms with Gasteiger partial charge in [0.05, 0.1) is 4.90 Å². The lowest BCUT2D eigenvalue weighted by molar-refractivity contribution is 0.460. The van der Waals surface area contributed by atoms with Gasteiger partial charge in [0, 0.05) is 26.7 Å². The van der Waals surface area contributed by atoms with Gasteiger partial charge < -0.3 is 10.2 Å². The van der Waals surface area contributed by atoms with E-state index >= 15 is 0 Å². The Morgan fingerprint density at radius 3 is 2.46 bits per heavy atom. The minimum atomic E-state index is -3.40. The fraction of sp³-hybridized carbons (Fsp3) is 0.381. The third kappa shape index (κ3) is 5.11. The maximum atomic E-state index is 11.8. The van der Waals surface area contributed by atoms with E-state index in [0.717, 1.165) is 37.5 Å². The number of hydrogen-bond donors (Lipinski definition) is 2. The Hall–Kier alpha value is -2.38. The number of guanidine groups is 1. The van der Waals surface area contributed by atoms with Crippen LogP contribution in [-0.2, 0) is 23.0 Å². The minimum Gasteiger partial charge on any atom is -0.352 e. The van der Waals surface area contributed by atoms with Crippen molar-refractivity contribution >= 4 is 16.0 Å². The van der Waals surface area contributed by atoms with Crippen LogP contribution >= 0.6 is 0 Å². The van der Waals surface area contributed by atoms with Crippen molar-refractivity contribution in [1.82, 2.24) is 14.9 Å². The van der Waals surface area contributed by atoms with Crippen LogP contribution in [-0.4, -0.2) is 46.5 Å². The molecular formula is C21H28N4O2S. The Morgan fingerprint density at radius 1 is 1.11 bits per heavy atom. The second-order valence-corrected chi connectivity index (χ2v) is 8.93. The number of nitrogens with zero attached hydrogens (tertiary/aromatic N) is 2. The third-order valence-corrected chi connectivity index (χ3v) is 6.55. The van der Waals surface area contributed by atoms with Crippen LogP contribution in [0.3, 0.4) is 0 Å². The van der Waals surface area contributed by atoms with Crippen molar-refractivity contribution in [2.24, 2.45) is 10.9 Å². The topological polar surface area (TPSA) is 73.8 Å². The highest BCUT2D eigenvalue weighted by molar-refractivity contribution is 7.89. The molecule has 3 rings (SSSR count). The monoisotopic (exact) mass is 400 g/mol. The van der Waals surface area contributed by atoms with Crippen LogP contribution in [0.2, 0.25) is 0 Å². The molecule has 150 valence electrons. The van der Waals surface area contributed by atoms with Crippen molar-refractivity contribution in [2.45, 2.75) is 24.3 Å². The smallest absolute Gasteiger partial charge is 0.240 e. The molecular weight excluding hydrogens is 372 g/mol. The molecule has 0 saturated carbocycles. The van der Waals surface area contributed by atoms with Crippen LogP contribution in [0, 0.1) is 5.92 Å². The lowest BCUT2D eigenvalue weighted by Crippen LogP contribution is -2.39. The van der Waals surface area contributed by atoms with Crippen molar-refractivity contribution < 1.29 is 8.42 Å². The zero-order valence-electron chi connectivity index (χ0n) is 16.4. The average molecular weight is 401 g/mol. The van der Waals surface area contributed by atoms with Crippen LogP contribution in [0.5, 0.6) is 0 Å². The van der Waals surface area contributed by atoms with Gasteiger partial charge in [-0.15, -0.1) is 0 Å². The zero-order chi connectivity index (χ0) is 20.0. The Bertz CT molecular complexity index is 896. The highest BCUT2D eigenvalue weighted by Crippen LogP contribution is 2.21. The van der Waals surface area contributed by atoms with Crippen LogP contribution in [0.4, 0.5) is 0 Å². The highest BCUT2D eigenvalue weighted by Gasteiger charge is 2.24. The molecule has 0 aliphatic carbocycles. The van der Waals surface area contributed by atoms with Crippen LogP contribution in [0.15, 0.2) is 64.5 Å². The molecule has 1 aliphatic rings. The van der Waals surface area contributed by atoms with E-state index in [4.69, 9.17) is 0 Å². The van der Waals surface area contributed by atoms with Crippen molar-refractivity contribution in [2.75, 3.05) is 27.2 Å². The van der Waals surface area contributed by atoms with Gasteiger partial charge in [0.1, 0.15) is 0 Å². The second-order valence-electron chi connectivity index (χ2n) is 7.04. The number of benzene rings is 2. The van der Waals surface area contributed by atoms with E-state index in [1.54, 1.807) is 19.2 Å². The summed E-state index contributed by atoms with van der Waals surface area (Å²) in [6.45, 7) is 2.59. The van der Waals surface area contributed by atoms with Gasteiger partial charge in [-0.05, 0) is 49.1 Å². The molecule has 28 heavy (non-hydrogen) atoms. The molecule has 0 spiro atoms. The molecule has 0 aromatic heterocycles. The minimum absolute atomic E-state index is 0.270. The van der Waals surface area contributed by atoms with Crippen LogP contribution in [0.25, 0.3) is 0 Å². The molecule has 0 bridgehead atoms. The summed E-state index contributed by atoms with van der Waals surface area (Å²) in [6, 6.07) is 17.5. The SMILES string of the molecule is CN=C(NCc1ccc(S(=O)(=O)NC)cc1)N1CCC(Cc2ccccc2)C1. The van der Waals surface area contributed by atoms with Crippen LogP contribution < -0.4 is 10.0 Å². The number of nitrogens with one attached hydrogen (secondary N) is 2. The first kappa shape index (κ1) is 20.4. The van der Waals surface area contributed by atoms with Crippen molar-refractivity contribution in [1.29, 1.82) is 0 Å². The number of likely N-dealkylation sites (tertiary alicyclic amines) is 1. The largest absolute Gasteiger partial charge is 0.352 e. The molecule has 6 nitrogen and oxygen atoms in total. The lowest BCUT2D eigenvalue weighted by Gasteiger charge is -2.22. The molecule has 0 amide bonds. The number of aliphatic imine (C=N–C) groups is 1. The van der Waals surface area contributed by atoms with E-state index < -0.39 is 10.0 Å². The van der Waals surface area contributed by atoms with E-state index in [2.05, 4.69) is 50.3 Å². The number of hydrogen-bond acceptors (Lipinski definition) is 3. The first-order valence-corrected chi connectivity index (χ1v) is 11.0. The molecule has 2 aromatic rings.